The molecule has 0 atom stereocenters. The zero-order chi connectivity index (χ0) is 14.7. The second-order valence-corrected chi connectivity index (χ2v) is 5.64. The molecule has 0 fully saturated rings. The van der Waals surface area contributed by atoms with Crippen LogP contribution in [0.5, 0.6) is 0 Å². The van der Waals surface area contributed by atoms with E-state index in [1.165, 1.54) is 6.07 Å². The Morgan fingerprint density at radius 2 is 2.10 bits per heavy atom. The van der Waals surface area contributed by atoms with Gasteiger partial charge in [0.25, 0.3) is 0 Å². The van der Waals surface area contributed by atoms with Crippen molar-refractivity contribution < 1.29 is 4.39 Å². The summed E-state index contributed by atoms with van der Waals surface area (Å²) < 4.78 is 16.8. The van der Waals surface area contributed by atoms with Crippen LogP contribution in [0.3, 0.4) is 0 Å². The van der Waals surface area contributed by atoms with Crippen molar-refractivity contribution in [1.82, 2.24) is 15.1 Å². The van der Waals surface area contributed by atoms with E-state index in [1.54, 1.807) is 0 Å². The topological polar surface area (TPSA) is 29.9 Å². The summed E-state index contributed by atoms with van der Waals surface area (Å²) in [5.74, 6) is -0.186. The normalized spacial score (nSPS) is 11.1. The van der Waals surface area contributed by atoms with Crippen LogP contribution in [0.2, 0.25) is 0 Å². The van der Waals surface area contributed by atoms with Crippen LogP contribution >= 0.6 is 15.9 Å². The lowest BCUT2D eigenvalue weighted by atomic mass is 10.1. The van der Waals surface area contributed by atoms with Crippen LogP contribution in [0.4, 0.5) is 4.39 Å². The number of hydrogen-bond donors (Lipinski definition) is 1. The molecular weight excluding hydrogens is 321 g/mol. The van der Waals surface area contributed by atoms with Gasteiger partial charge in [-0.3, -0.25) is 4.68 Å². The third-order valence-electron chi connectivity index (χ3n) is 3.30. The quantitative estimate of drug-likeness (QED) is 0.902. The Bertz CT molecular complexity index is 607. The fraction of sp³-hybridized carbons (Fsp3) is 0.400. The minimum absolute atomic E-state index is 0.186. The summed E-state index contributed by atoms with van der Waals surface area (Å²) in [7, 11) is 0. The Morgan fingerprint density at radius 3 is 2.70 bits per heavy atom. The third-order valence-corrected chi connectivity index (χ3v) is 4.45. The molecule has 1 heterocycles. The zero-order valence-corrected chi connectivity index (χ0v) is 13.6. The van der Waals surface area contributed by atoms with Gasteiger partial charge in [-0.1, -0.05) is 13.0 Å². The lowest BCUT2D eigenvalue weighted by Gasteiger charge is -2.09. The predicted molar refractivity (Wildman–Crippen MR) is 82.3 cm³/mol. The maximum Gasteiger partial charge on any atom is 0.128 e. The first-order valence-electron chi connectivity index (χ1n) is 6.70. The fourth-order valence-corrected chi connectivity index (χ4v) is 2.40. The van der Waals surface area contributed by atoms with E-state index in [9.17, 15) is 4.39 Å². The van der Waals surface area contributed by atoms with Crippen molar-refractivity contribution in [3.05, 3.63) is 51.0 Å². The molecule has 5 heteroatoms. The average molecular weight is 340 g/mol. The van der Waals surface area contributed by atoms with E-state index in [2.05, 4.69) is 33.3 Å². The second kappa shape index (κ2) is 6.50. The molecular formula is C15H19BrFN3. The van der Waals surface area contributed by atoms with Crippen molar-refractivity contribution in [3.8, 4) is 0 Å². The van der Waals surface area contributed by atoms with Crippen LogP contribution in [0.1, 0.15) is 29.4 Å². The summed E-state index contributed by atoms with van der Waals surface area (Å²) in [5, 5.41) is 7.67. The number of nitrogens with one attached hydrogen (secondary N) is 1. The molecule has 108 valence electrons. The first-order chi connectivity index (χ1) is 9.52. The Hall–Kier alpha value is -1.20. The van der Waals surface area contributed by atoms with Crippen molar-refractivity contribution in [2.24, 2.45) is 0 Å². The molecule has 0 bridgehead atoms. The summed E-state index contributed by atoms with van der Waals surface area (Å²) in [5.41, 5.74) is 3.69. The van der Waals surface area contributed by atoms with Crippen molar-refractivity contribution in [3.63, 3.8) is 0 Å². The van der Waals surface area contributed by atoms with Crippen molar-refractivity contribution in [2.45, 2.75) is 33.9 Å². The summed E-state index contributed by atoms with van der Waals surface area (Å²) in [6.07, 6.45) is 0. The van der Waals surface area contributed by atoms with Crippen LogP contribution < -0.4 is 5.32 Å². The first kappa shape index (κ1) is 15.2. The molecule has 0 spiro atoms. The molecule has 0 saturated carbocycles. The smallest absolute Gasteiger partial charge is 0.128 e. The average Bonchev–Trinajstić information content (AvgIpc) is 2.67. The monoisotopic (exact) mass is 339 g/mol. The molecule has 0 unspecified atom stereocenters. The molecule has 3 nitrogen and oxygen atoms in total. The Kier molecular flexibility index (Phi) is 4.94. The maximum absolute atomic E-state index is 13.9. The van der Waals surface area contributed by atoms with Gasteiger partial charge in [0.1, 0.15) is 5.82 Å². The maximum atomic E-state index is 13.9. The van der Waals surface area contributed by atoms with Crippen molar-refractivity contribution in [1.29, 1.82) is 0 Å². The van der Waals surface area contributed by atoms with Gasteiger partial charge in [-0.15, -0.1) is 0 Å². The Balaban J connectivity index is 2.25. The van der Waals surface area contributed by atoms with E-state index in [0.29, 0.717) is 12.1 Å². The molecule has 0 saturated heterocycles. The number of halogens is 2. The summed E-state index contributed by atoms with van der Waals surface area (Å²) in [6.45, 7) is 8.07. The van der Waals surface area contributed by atoms with Gasteiger partial charge < -0.3 is 5.32 Å². The number of nitrogens with zero attached hydrogens (tertiary/aromatic N) is 2. The van der Waals surface area contributed by atoms with Crippen molar-refractivity contribution >= 4 is 15.9 Å². The number of benzene rings is 1. The molecule has 0 radical (unpaired) electrons. The number of aryl methyl sites for hydroxylation is 1. The minimum Gasteiger partial charge on any atom is -0.313 e. The van der Waals surface area contributed by atoms with Gasteiger partial charge in [-0.25, -0.2) is 4.39 Å². The van der Waals surface area contributed by atoms with Gasteiger partial charge in [-0.2, -0.15) is 5.10 Å². The molecule has 2 aromatic rings. The van der Waals surface area contributed by atoms with Gasteiger partial charge in [0.15, 0.2) is 0 Å². The van der Waals surface area contributed by atoms with E-state index in [1.807, 2.05) is 30.7 Å². The van der Waals surface area contributed by atoms with Crippen LogP contribution in [-0.2, 0) is 13.1 Å². The first-order valence-corrected chi connectivity index (χ1v) is 7.49. The fourth-order valence-electron chi connectivity index (χ4n) is 2.12. The molecule has 1 N–H and O–H groups in total. The SMILES string of the molecule is CCNCc1ccc(F)c(Cn2nc(C)c(Br)c2C)c1. The zero-order valence-electron chi connectivity index (χ0n) is 12.0. The van der Waals surface area contributed by atoms with Crippen LogP contribution in [-0.4, -0.2) is 16.3 Å². The standard InChI is InChI=1S/C15H19BrFN3/c1-4-18-8-12-5-6-14(17)13(7-12)9-20-11(3)15(16)10(2)19-20/h5-7,18H,4,8-9H2,1-3H3. The number of hydrogen-bond acceptors (Lipinski definition) is 2. The Morgan fingerprint density at radius 1 is 1.35 bits per heavy atom. The highest BCUT2D eigenvalue weighted by Gasteiger charge is 2.11. The van der Waals surface area contributed by atoms with E-state index in [4.69, 9.17) is 0 Å². The summed E-state index contributed by atoms with van der Waals surface area (Å²) in [6, 6.07) is 5.25. The molecule has 0 aliphatic carbocycles. The highest BCUT2D eigenvalue weighted by molar-refractivity contribution is 9.10. The second-order valence-electron chi connectivity index (χ2n) is 4.85. The van der Waals surface area contributed by atoms with Gasteiger partial charge in [-0.05, 0) is 54.0 Å². The van der Waals surface area contributed by atoms with Crippen molar-refractivity contribution in [2.75, 3.05) is 6.54 Å². The highest BCUT2D eigenvalue weighted by atomic mass is 79.9. The molecule has 0 aliphatic heterocycles. The number of aromatic nitrogens is 2. The van der Waals surface area contributed by atoms with E-state index in [-0.39, 0.29) is 5.82 Å². The van der Waals surface area contributed by atoms with E-state index >= 15 is 0 Å². The molecule has 1 aromatic carbocycles. The minimum atomic E-state index is -0.186. The van der Waals surface area contributed by atoms with Gasteiger partial charge in [0, 0.05) is 12.1 Å². The lowest BCUT2D eigenvalue weighted by molar-refractivity contribution is 0.576. The Labute approximate surface area is 127 Å². The van der Waals surface area contributed by atoms with E-state index < -0.39 is 0 Å². The molecule has 0 amide bonds. The van der Waals surface area contributed by atoms with E-state index in [0.717, 1.165) is 34.5 Å². The summed E-state index contributed by atoms with van der Waals surface area (Å²) >= 11 is 3.49. The molecule has 20 heavy (non-hydrogen) atoms. The van der Waals surface area contributed by atoms with Crippen LogP contribution in [0, 0.1) is 19.7 Å². The molecule has 1 aromatic heterocycles. The van der Waals surface area contributed by atoms with Crippen LogP contribution in [0.25, 0.3) is 0 Å². The molecule has 2 rings (SSSR count). The van der Waals surface area contributed by atoms with Gasteiger partial charge in [0.2, 0.25) is 0 Å². The highest BCUT2D eigenvalue weighted by Crippen LogP contribution is 2.21. The third kappa shape index (κ3) is 3.27. The molecule has 0 aliphatic rings. The summed E-state index contributed by atoms with van der Waals surface area (Å²) in [4.78, 5) is 0. The predicted octanol–water partition coefficient (Wildman–Crippen LogP) is 3.56. The lowest BCUT2D eigenvalue weighted by Crippen LogP contribution is -2.13. The van der Waals surface area contributed by atoms with Gasteiger partial charge in [0.05, 0.1) is 22.4 Å². The van der Waals surface area contributed by atoms with Gasteiger partial charge >= 0.3 is 0 Å². The van der Waals surface area contributed by atoms with Crippen LogP contribution in [0.15, 0.2) is 22.7 Å². The largest absolute Gasteiger partial charge is 0.313 e. The number of rotatable bonds is 5.